The van der Waals surface area contributed by atoms with Gasteiger partial charge in [0.25, 0.3) is 0 Å². The highest BCUT2D eigenvalue weighted by atomic mass is 35.5. The maximum absolute atomic E-state index is 11.6. The van der Waals surface area contributed by atoms with Crippen molar-refractivity contribution in [2.45, 2.75) is 19.9 Å². The van der Waals surface area contributed by atoms with E-state index in [9.17, 15) is 4.79 Å². The smallest absolute Gasteiger partial charge is 0.242 e. The fourth-order valence-electron chi connectivity index (χ4n) is 1.45. The van der Waals surface area contributed by atoms with Crippen LogP contribution in [0.3, 0.4) is 0 Å². The Morgan fingerprint density at radius 1 is 1.56 bits per heavy atom. The molecule has 1 aromatic rings. The molecule has 0 aliphatic heterocycles. The van der Waals surface area contributed by atoms with Crippen LogP contribution in [-0.4, -0.2) is 23.5 Å². The van der Waals surface area contributed by atoms with Crippen LogP contribution in [0.25, 0.3) is 0 Å². The first-order chi connectivity index (χ1) is 8.45. The third-order valence-electron chi connectivity index (χ3n) is 2.36. The summed E-state index contributed by atoms with van der Waals surface area (Å²) in [5.41, 5.74) is 6.89. The van der Waals surface area contributed by atoms with E-state index in [2.05, 4.69) is 10.6 Å². The second-order valence-electron chi connectivity index (χ2n) is 3.82. The Balaban J connectivity index is 2.77. The van der Waals surface area contributed by atoms with E-state index in [-0.39, 0.29) is 16.9 Å². The zero-order chi connectivity index (χ0) is 13.7. The molecule has 1 amide bonds. The second-order valence-corrected chi connectivity index (χ2v) is 4.67. The summed E-state index contributed by atoms with van der Waals surface area (Å²) in [6.07, 6.45) is 0. The number of hydrogen-bond donors (Lipinski definition) is 3. The van der Waals surface area contributed by atoms with Crippen LogP contribution in [0.5, 0.6) is 0 Å². The molecule has 1 aromatic carbocycles. The molecule has 0 saturated carbocycles. The number of carbonyl (C=O) groups is 1. The molecule has 0 saturated heterocycles. The number of nitrogens with one attached hydrogen (secondary N) is 2. The molecule has 0 heterocycles. The molecule has 6 heteroatoms. The molecule has 1 unspecified atom stereocenters. The molecule has 0 radical (unpaired) electrons. The summed E-state index contributed by atoms with van der Waals surface area (Å²) in [5, 5.41) is 6.26. The molecule has 18 heavy (non-hydrogen) atoms. The topological polar surface area (TPSA) is 67.2 Å². The quantitative estimate of drug-likeness (QED) is 0.723. The van der Waals surface area contributed by atoms with Crippen molar-refractivity contribution in [3.63, 3.8) is 0 Å². The molecule has 98 valence electrons. The Morgan fingerprint density at radius 3 is 2.72 bits per heavy atom. The first kappa shape index (κ1) is 14.7. The Labute approximate surface area is 117 Å². The maximum Gasteiger partial charge on any atom is 0.242 e. The van der Waals surface area contributed by atoms with E-state index in [4.69, 9.17) is 29.6 Å². The molecule has 1 rings (SSSR count). The molecule has 0 bridgehead atoms. The van der Waals surface area contributed by atoms with Gasteiger partial charge in [-0.25, -0.2) is 0 Å². The predicted molar refractivity (Wildman–Crippen MR) is 79.1 cm³/mol. The number of carbonyl (C=O) groups excluding carboxylic acids is 1. The Kier molecular flexibility index (Phi) is 5.37. The third kappa shape index (κ3) is 3.85. The van der Waals surface area contributed by atoms with Crippen molar-refractivity contribution in [2.75, 3.05) is 11.9 Å². The van der Waals surface area contributed by atoms with E-state index in [0.717, 1.165) is 5.69 Å². The number of thiocarbonyl (C=S) groups is 1. The van der Waals surface area contributed by atoms with E-state index in [1.54, 1.807) is 25.1 Å². The van der Waals surface area contributed by atoms with E-state index in [0.29, 0.717) is 17.1 Å². The van der Waals surface area contributed by atoms with Gasteiger partial charge in [0.15, 0.2) is 0 Å². The van der Waals surface area contributed by atoms with Gasteiger partial charge in [0.1, 0.15) is 11.0 Å². The van der Waals surface area contributed by atoms with Gasteiger partial charge in [-0.15, -0.1) is 0 Å². The highest BCUT2D eigenvalue weighted by molar-refractivity contribution is 7.80. The fourth-order valence-corrected chi connectivity index (χ4v) is 1.96. The normalized spacial score (nSPS) is 11.7. The molecule has 0 aliphatic rings. The summed E-state index contributed by atoms with van der Waals surface area (Å²) in [5.74, 6) is -0.0629. The number of rotatable bonds is 5. The van der Waals surface area contributed by atoms with Gasteiger partial charge in [0.05, 0.1) is 5.02 Å². The molecule has 0 fully saturated rings. The van der Waals surface area contributed by atoms with Gasteiger partial charge >= 0.3 is 0 Å². The number of hydrogen-bond acceptors (Lipinski definition) is 3. The standard InChI is InChI=1S/C12H16ClN3OS/c1-3-15-12(17)7(2)16-8-4-5-9(11(14)18)10(13)6-8/h4-7,16H,3H2,1-2H3,(H2,14,18)(H,15,17). The lowest BCUT2D eigenvalue weighted by Crippen LogP contribution is -2.37. The van der Waals surface area contributed by atoms with Crippen molar-refractivity contribution in [1.29, 1.82) is 0 Å². The molecule has 1 atom stereocenters. The lowest BCUT2D eigenvalue weighted by molar-refractivity contribution is -0.121. The molecular formula is C12H16ClN3OS. The maximum atomic E-state index is 11.6. The number of halogens is 1. The van der Waals surface area contributed by atoms with Gasteiger partial charge in [0, 0.05) is 17.8 Å². The number of likely N-dealkylation sites (N-methyl/N-ethyl adjacent to an activating group) is 1. The van der Waals surface area contributed by atoms with Crippen molar-refractivity contribution < 1.29 is 4.79 Å². The van der Waals surface area contributed by atoms with Crippen molar-refractivity contribution in [3.8, 4) is 0 Å². The molecule has 4 N–H and O–H groups in total. The average Bonchev–Trinajstić information content (AvgIpc) is 2.28. The minimum atomic E-state index is -0.336. The summed E-state index contributed by atoms with van der Waals surface area (Å²) in [7, 11) is 0. The molecular weight excluding hydrogens is 270 g/mol. The summed E-state index contributed by atoms with van der Waals surface area (Å²) < 4.78 is 0. The summed E-state index contributed by atoms with van der Waals surface area (Å²) in [6, 6.07) is 4.89. The molecule has 4 nitrogen and oxygen atoms in total. The largest absolute Gasteiger partial charge is 0.389 e. The van der Waals surface area contributed by atoms with E-state index in [1.807, 2.05) is 6.92 Å². The average molecular weight is 286 g/mol. The van der Waals surface area contributed by atoms with Crippen LogP contribution >= 0.6 is 23.8 Å². The van der Waals surface area contributed by atoms with E-state index >= 15 is 0 Å². The van der Waals surface area contributed by atoms with Crippen molar-refractivity contribution >= 4 is 40.4 Å². The lowest BCUT2D eigenvalue weighted by atomic mass is 10.2. The van der Waals surface area contributed by atoms with Crippen LogP contribution in [0.15, 0.2) is 18.2 Å². The summed E-state index contributed by atoms with van der Waals surface area (Å²) in [4.78, 5) is 11.8. The highest BCUT2D eigenvalue weighted by Crippen LogP contribution is 2.21. The van der Waals surface area contributed by atoms with Gasteiger partial charge < -0.3 is 16.4 Å². The summed E-state index contributed by atoms with van der Waals surface area (Å²) >= 11 is 10.9. The number of benzene rings is 1. The number of anilines is 1. The summed E-state index contributed by atoms with van der Waals surface area (Å²) in [6.45, 7) is 4.25. The van der Waals surface area contributed by atoms with Crippen molar-refractivity contribution in [1.82, 2.24) is 5.32 Å². The van der Waals surface area contributed by atoms with Gasteiger partial charge in [-0.3, -0.25) is 4.79 Å². The minimum Gasteiger partial charge on any atom is -0.389 e. The number of amides is 1. The Hall–Kier alpha value is -1.33. The van der Waals surface area contributed by atoms with E-state index < -0.39 is 0 Å². The predicted octanol–water partition coefficient (Wildman–Crippen LogP) is 1.91. The van der Waals surface area contributed by atoms with Gasteiger partial charge in [-0.1, -0.05) is 23.8 Å². The van der Waals surface area contributed by atoms with Crippen LogP contribution in [0.2, 0.25) is 5.02 Å². The molecule has 0 spiro atoms. The Bertz CT molecular complexity index is 465. The monoisotopic (exact) mass is 285 g/mol. The first-order valence-corrected chi connectivity index (χ1v) is 6.38. The van der Waals surface area contributed by atoms with Gasteiger partial charge in [-0.05, 0) is 32.0 Å². The van der Waals surface area contributed by atoms with Crippen LogP contribution < -0.4 is 16.4 Å². The first-order valence-electron chi connectivity index (χ1n) is 5.59. The Morgan fingerprint density at radius 2 is 2.22 bits per heavy atom. The fraction of sp³-hybridized carbons (Fsp3) is 0.333. The van der Waals surface area contributed by atoms with Gasteiger partial charge in [0.2, 0.25) is 5.91 Å². The van der Waals surface area contributed by atoms with E-state index in [1.165, 1.54) is 0 Å². The van der Waals surface area contributed by atoms with Crippen LogP contribution in [-0.2, 0) is 4.79 Å². The van der Waals surface area contributed by atoms with Crippen LogP contribution in [0, 0.1) is 0 Å². The highest BCUT2D eigenvalue weighted by Gasteiger charge is 2.12. The molecule has 0 aliphatic carbocycles. The zero-order valence-electron chi connectivity index (χ0n) is 10.3. The lowest BCUT2D eigenvalue weighted by Gasteiger charge is -2.15. The second kappa shape index (κ2) is 6.56. The van der Waals surface area contributed by atoms with Crippen molar-refractivity contribution in [3.05, 3.63) is 28.8 Å². The van der Waals surface area contributed by atoms with Crippen LogP contribution in [0.4, 0.5) is 5.69 Å². The van der Waals surface area contributed by atoms with Crippen molar-refractivity contribution in [2.24, 2.45) is 5.73 Å². The minimum absolute atomic E-state index is 0.0629. The van der Waals surface area contributed by atoms with Crippen LogP contribution in [0.1, 0.15) is 19.4 Å². The molecule has 0 aromatic heterocycles. The third-order valence-corrected chi connectivity index (χ3v) is 2.89. The SMILES string of the molecule is CCNC(=O)C(C)Nc1ccc(C(N)=S)c(Cl)c1. The zero-order valence-corrected chi connectivity index (χ0v) is 11.9. The van der Waals surface area contributed by atoms with Gasteiger partial charge in [-0.2, -0.15) is 0 Å². The number of nitrogens with two attached hydrogens (primary N) is 1.